The van der Waals surface area contributed by atoms with Crippen LogP contribution in [0.5, 0.6) is 11.5 Å². The lowest BCUT2D eigenvalue weighted by Crippen LogP contribution is -2.35. The number of halogens is 2. The average molecular weight is 304 g/mol. The van der Waals surface area contributed by atoms with Gasteiger partial charge < -0.3 is 14.6 Å². The molecule has 1 saturated carbocycles. The maximum Gasteiger partial charge on any atom is 0.304 e. The first-order valence-corrected chi connectivity index (χ1v) is 6.45. The van der Waals surface area contributed by atoms with E-state index in [2.05, 4.69) is 5.32 Å². The van der Waals surface area contributed by atoms with Gasteiger partial charge >= 0.3 is 5.97 Å². The van der Waals surface area contributed by atoms with Gasteiger partial charge in [-0.2, -0.15) is 0 Å². The second kappa shape index (κ2) is 5.46. The smallest absolute Gasteiger partial charge is 0.304 e. The predicted molar refractivity (Wildman–Crippen MR) is 70.2 cm³/mol. The molecule has 1 aromatic rings. The molecule has 0 bridgehead atoms. The van der Waals surface area contributed by atoms with Crippen LogP contribution in [0.15, 0.2) is 6.07 Å². The third-order valence-electron chi connectivity index (χ3n) is 3.10. The van der Waals surface area contributed by atoms with Crippen molar-refractivity contribution in [3.05, 3.63) is 22.5 Å². The number of phenols is 1. The zero-order chi connectivity index (χ0) is 14.9. The largest absolute Gasteiger partial charge is 0.506 e. The fourth-order valence-corrected chi connectivity index (χ4v) is 2.10. The number of aromatic hydroxyl groups is 1. The van der Waals surface area contributed by atoms with Gasteiger partial charge in [0.2, 0.25) is 0 Å². The number of carbonyl (C=O) groups excluding carboxylic acids is 1. The minimum atomic E-state index is -0.755. The number of hydrogen-bond acceptors (Lipinski definition) is 5. The summed E-state index contributed by atoms with van der Waals surface area (Å²) >= 11 is 5.67. The molecule has 0 saturated heterocycles. The Morgan fingerprint density at radius 3 is 2.75 bits per heavy atom. The van der Waals surface area contributed by atoms with Crippen molar-refractivity contribution in [2.24, 2.45) is 0 Å². The van der Waals surface area contributed by atoms with Crippen molar-refractivity contribution >= 4 is 17.6 Å². The van der Waals surface area contributed by atoms with Crippen LogP contribution in [0.3, 0.4) is 0 Å². The Labute approximate surface area is 120 Å². The van der Waals surface area contributed by atoms with Gasteiger partial charge in [-0.15, -0.1) is 0 Å². The van der Waals surface area contributed by atoms with Gasteiger partial charge in [0.05, 0.1) is 7.11 Å². The third kappa shape index (κ3) is 2.96. The summed E-state index contributed by atoms with van der Waals surface area (Å²) in [6.45, 7) is 1.39. The Bertz CT molecular complexity index is 546. The van der Waals surface area contributed by atoms with Crippen LogP contribution >= 0.6 is 11.6 Å². The molecular weight excluding hydrogens is 289 g/mol. The molecule has 5 nitrogen and oxygen atoms in total. The average Bonchev–Trinajstić information content (AvgIpc) is 3.13. The summed E-state index contributed by atoms with van der Waals surface area (Å²) in [5.41, 5.74) is -0.554. The first kappa shape index (κ1) is 14.9. The lowest BCUT2D eigenvalue weighted by molar-refractivity contribution is -0.150. The molecule has 0 heterocycles. The number of esters is 1. The number of methoxy groups -OCH3 is 1. The molecule has 0 amide bonds. The van der Waals surface area contributed by atoms with E-state index >= 15 is 0 Å². The Balaban J connectivity index is 2.17. The summed E-state index contributed by atoms with van der Waals surface area (Å²) in [6.07, 6.45) is 1.34. The predicted octanol–water partition coefficient (Wildman–Crippen LogP) is 2.34. The summed E-state index contributed by atoms with van der Waals surface area (Å²) in [7, 11) is 1.37. The first-order valence-electron chi connectivity index (χ1n) is 6.07. The summed E-state index contributed by atoms with van der Waals surface area (Å²) in [6, 6.07) is 1.24. The zero-order valence-electron chi connectivity index (χ0n) is 11.1. The van der Waals surface area contributed by atoms with E-state index in [9.17, 15) is 14.3 Å². The van der Waals surface area contributed by atoms with Crippen molar-refractivity contribution in [1.82, 2.24) is 5.32 Å². The van der Waals surface area contributed by atoms with Crippen LogP contribution in [0, 0.1) is 5.82 Å². The molecule has 0 atom stereocenters. The number of carbonyl (C=O) groups is 1. The quantitative estimate of drug-likeness (QED) is 0.645. The molecule has 2 N–H and O–H groups in total. The summed E-state index contributed by atoms with van der Waals surface area (Å²) < 4.78 is 24.2. The first-order chi connectivity index (χ1) is 9.38. The zero-order valence-corrected chi connectivity index (χ0v) is 11.9. The Morgan fingerprint density at radius 1 is 1.60 bits per heavy atom. The van der Waals surface area contributed by atoms with Crippen LogP contribution in [-0.4, -0.2) is 23.9 Å². The summed E-state index contributed by atoms with van der Waals surface area (Å²) in [5.74, 6) is -1.36. The minimum absolute atomic E-state index is 0.0717. The van der Waals surface area contributed by atoms with Gasteiger partial charge in [-0.1, -0.05) is 11.6 Å². The number of nitrogens with one attached hydrogen (secondary N) is 1. The van der Waals surface area contributed by atoms with Crippen molar-refractivity contribution in [1.29, 1.82) is 0 Å². The molecule has 2 rings (SSSR count). The number of benzene rings is 1. The molecule has 0 aliphatic heterocycles. The van der Waals surface area contributed by atoms with Crippen molar-refractivity contribution in [3.63, 3.8) is 0 Å². The highest BCUT2D eigenvalue weighted by Crippen LogP contribution is 2.39. The van der Waals surface area contributed by atoms with E-state index in [1.807, 2.05) is 0 Å². The van der Waals surface area contributed by atoms with Crippen molar-refractivity contribution in [2.75, 3.05) is 7.11 Å². The molecule has 7 heteroatoms. The van der Waals surface area contributed by atoms with E-state index in [1.54, 1.807) is 0 Å². The van der Waals surface area contributed by atoms with Crippen molar-refractivity contribution in [3.8, 4) is 11.5 Å². The third-order valence-corrected chi connectivity index (χ3v) is 3.46. The number of phenolic OH excluding ortho intramolecular Hbond substituents is 1. The van der Waals surface area contributed by atoms with E-state index in [-0.39, 0.29) is 28.6 Å². The van der Waals surface area contributed by atoms with Gasteiger partial charge in [-0.3, -0.25) is 10.1 Å². The van der Waals surface area contributed by atoms with Gasteiger partial charge in [0.15, 0.2) is 11.5 Å². The maximum absolute atomic E-state index is 14.0. The minimum Gasteiger partial charge on any atom is -0.506 e. The molecule has 1 fully saturated rings. The monoisotopic (exact) mass is 303 g/mol. The Morgan fingerprint density at radius 2 is 2.25 bits per heavy atom. The highest BCUT2D eigenvalue weighted by atomic mass is 35.5. The van der Waals surface area contributed by atoms with Gasteiger partial charge in [-0.25, -0.2) is 4.39 Å². The molecule has 110 valence electrons. The maximum atomic E-state index is 14.0. The molecule has 0 radical (unpaired) electrons. The molecule has 1 aliphatic carbocycles. The molecule has 0 aromatic heterocycles. The van der Waals surface area contributed by atoms with Crippen LogP contribution in [0.4, 0.5) is 4.39 Å². The van der Waals surface area contributed by atoms with Crippen molar-refractivity contribution in [2.45, 2.75) is 32.0 Å². The Kier molecular flexibility index (Phi) is 4.06. The van der Waals surface area contributed by atoms with Crippen LogP contribution in [0.25, 0.3) is 0 Å². The number of rotatable bonds is 5. The lowest BCUT2D eigenvalue weighted by atomic mass is 10.1. The van der Waals surface area contributed by atoms with Crippen LogP contribution in [-0.2, 0) is 16.1 Å². The van der Waals surface area contributed by atoms with E-state index in [0.29, 0.717) is 12.8 Å². The van der Waals surface area contributed by atoms with E-state index in [4.69, 9.17) is 21.1 Å². The van der Waals surface area contributed by atoms with Crippen LogP contribution in [0.2, 0.25) is 5.02 Å². The van der Waals surface area contributed by atoms with Crippen molar-refractivity contribution < 1.29 is 23.8 Å². The Hall–Kier alpha value is -1.53. The fraction of sp³-hybridized carbons (Fsp3) is 0.462. The summed E-state index contributed by atoms with van der Waals surface area (Å²) in [5, 5.41) is 12.1. The topological polar surface area (TPSA) is 67.8 Å². The highest BCUT2D eigenvalue weighted by Gasteiger charge is 2.46. The molecule has 20 heavy (non-hydrogen) atoms. The van der Waals surface area contributed by atoms with E-state index in [0.717, 1.165) is 0 Å². The normalized spacial score (nSPS) is 15.8. The highest BCUT2D eigenvalue weighted by molar-refractivity contribution is 6.32. The van der Waals surface area contributed by atoms with Gasteiger partial charge in [0.25, 0.3) is 0 Å². The van der Waals surface area contributed by atoms with Crippen LogP contribution < -0.4 is 10.1 Å². The SMILES string of the molecule is COc1cc(O)c(Cl)c(F)c1CNC1(OC(C)=O)CC1. The summed E-state index contributed by atoms with van der Waals surface area (Å²) in [4.78, 5) is 11.0. The van der Waals surface area contributed by atoms with Gasteiger partial charge in [0, 0.05) is 37.9 Å². The van der Waals surface area contributed by atoms with E-state index in [1.165, 1.54) is 20.1 Å². The number of ether oxygens (including phenoxy) is 2. The molecule has 1 aromatic carbocycles. The van der Waals surface area contributed by atoms with E-state index < -0.39 is 17.5 Å². The standard InChI is InChI=1S/C13H15ClFNO4/c1-7(17)20-13(3-4-13)16-6-8-10(19-2)5-9(18)11(14)12(8)15/h5,16,18H,3-4,6H2,1-2H3. The van der Waals surface area contributed by atoms with Crippen LogP contribution in [0.1, 0.15) is 25.3 Å². The molecule has 1 aliphatic rings. The lowest BCUT2D eigenvalue weighted by Gasteiger charge is -2.19. The molecule has 0 unspecified atom stereocenters. The molecule has 0 spiro atoms. The fourth-order valence-electron chi connectivity index (χ4n) is 1.93. The number of hydrogen-bond donors (Lipinski definition) is 2. The second-order valence-electron chi connectivity index (χ2n) is 4.65. The second-order valence-corrected chi connectivity index (χ2v) is 5.02. The van der Waals surface area contributed by atoms with Gasteiger partial charge in [-0.05, 0) is 0 Å². The molecular formula is C13H15ClFNO4. The van der Waals surface area contributed by atoms with Gasteiger partial charge in [0.1, 0.15) is 16.5 Å².